The maximum absolute atomic E-state index is 11.4. The summed E-state index contributed by atoms with van der Waals surface area (Å²) >= 11 is 0. The number of nitrogens with zero attached hydrogens (tertiary/aromatic N) is 1. The third-order valence-corrected chi connectivity index (χ3v) is 4.88. The molecule has 0 aliphatic carbocycles. The first kappa shape index (κ1) is 14.2. The number of carbonyl (C=O) groups excluding carboxylic acids is 1. The normalized spacial score (nSPS) is 28.4. The van der Waals surface area contributed by atoms with Gasteiger partial charge in [-0.05, 0) is 50.9 Å². The molecule has 21 heavy (non-hydrogen) atoms. The molecule has 1 aromatic carbocycles. The summed E-state index contributed by atoms with van der Waals surface area (Å²) < 4.78 is 4.65. The highest BCUT2D eigenvalue weighted by Crippen LogP contribution is 2.36. The van der Waals surface area contributed by atoms with Gasteiger partial charge in [0.15, 0.2) is 0 Å². The Morgan fingerprint density at radius 2 is 2.00 bits per heavy atom. The van der Waals surface area contributed by atoms with Gasteiger partial charge in [0.1, 0.15) is 5.75 Å². The van der Waals surface area contributed by atoms with Gasteiger partial charge in [-0.3, -0.25) is 0 Å². The number of methoxy groups -OCH3 is 1. The van der Waals surface area contributed by atoms with Crippen LogP contribution in [0.1, 0.15) is 36.0 Å². The summed E-state index contributed by atoms with van der Waals surface area (Å²) in [6, 6.07) is 6.57. The molecule has 5 nitrogen and oxygen atoms in total. The number of hydrogen-bond donors (Lipinski definition) is 2. The van der Waals surface area contributed by atoms with Gasteiger partial charge >= 0.3 is 5.97 Å². The zero-order valence-electron chi connectivity index (χ0n) is 12.5. The van der Waals surface area contributed by atoms with Crippen LogP contribution in [0.3, 0.4) is 0 Å². The fourth-order valence-electron chi connectivity index (χ4n) is 3.65. The van der Waals surface area contributed by atoms with Crippen molar-refractivity contribution in [1.29, 1.82) is 0 Å². The monoisotopic (exact) mass is 290 g/mol. The van der Waals surface area contributed by atoms with Crippen molar-refractivity contribution < 1.29 is 14.6 Å². The van der Waals surface area contributed by atoms with Crippen LogP contribution in [0, 0.1) is 0 Å². The van der Waals surface area contributed by atoms with E-state index >= 15 is 0 Å². The van der Waals surface area contributed by atoms with Crippen LogP contribution in [0.25, 0.3) is 0 Å². The Bertz CT molecular complexity index is 532. The van der Waals surface area contributed by atoms with Gasteiger partial charge in [0.25, 0.3) is 0 Å². The average molecular weight is 290 g/mol. The largest absolute Gasteiger partial charge is 0.506 e. The molecule has 114 valence electrons. The van der Waals surface area contributed by atoms with Gasteiger partial charge in [-0.2, -0.15) is 0 Å². The Kier molecular flexibility index (Phi) is 3.76. The Balaban J connectivity index is 1.70. The van der Waals surface area contributed by atoms with E-state index in [2.05, 4.69) is 22.0 Å². The molecule has 2 aliphatic rings. The van der Waals surface area contributed by atoms with E-state index in [1.54, 1.807) is 12.1 Å². The summed E-state index contributed by atoms with van der Waals surface area (Å²) in [4.78, 5) is 13.9. The number of esters is 1. The first-order valence-electron chi connectivity index (χ1n) is 7.48. The minimum Gasteiger partial charge on any atom is -0.506 e. The number of nitrogens with one attached hydrogen (secondary N) is 1. The summed E-state index contributed by atoms with van der Waals surface area (Å²) in [5.74, 6) is -0.335. The zero-order valence-corrected chi connectivity index (χ0v) is 12.5. The van der Waals surface area contributed by atoms with Crippen molar-refractivity contribution in [2.45, 2.75) is 43.8 Å². The molecule has 2 N–H and O–H groups in total. The van der Waals surface area contributed by atoms with Crippen LogP contribution in [0.4, 0.5) is 5.69 Å². The van der Waals surface area contributed by atoms with Crippen molar-refractivity contribution >= 4 is 11.7 Å². The predicted octanol–water partition coefficient (Wildman–Crippen LogP) is 2.22. The minimum absolute atomic E-state index is 0.101. The molecule has 2 atom stereocenters. The third-order valence-electron chi connectivity index (χ3n) is 4.88. The number of aromatic hydroxyl groups is 1. The summed E-state index contributed by atoms with van der Waals surface area (Å²) in [6.45, 7) is 0. The lowest BCUT2D eigenvalue weighted by Gasteiger charge is -2.37. The van der Waals surface area contributed by atoms with Gasteiger partial charge in [-0.15, -0.1) is 0 Å². The molecular formula is C16H22N2O3. The first-order chi connectivity index (χ1) is 10.1. The van der Waals surface area contributed by atoms with Gasteiger partial charge in [-0.25, -0.2) is 4.79 Å². The van der Waals surface area contributed by atoms with Crippen molar-refractivity contribution in [2.24, 2.45) is 0 Å². The molecule has 0 radical (unpaired) electrons. The fourth-order valence-corrected chi connectivity index (χ4v) is 3.65. The lowest BCUT2D eigenvalue weighted by molar-refractivity contribution is 0.0600. The number of hydrogen-bond acceptors (Lipinski definition) is 5. The lowest BCUT2D eigenvalue weighted by Crippen LogP contribution is -2.44. The number of anilines is 1. The second kappa shape index (κ2) is 5.56. The number of ether oxygens (including phenoxy) is 1. The number of piperidine rings is 1. The van der Waals surface area contributed by atoms with Crippen molar-refractivity contribution in [3.05, 3.63) is 23.8 Å². The smallest absolute Gasteiger partial charge is 0.337 e. The minimum atomic E-state index is -0.436. The molecule has 3 rings (SSSR count). The van der Waals surface area contributed by atoms with Crippen LogP contribution in [0.15, 0.2) is 18.2 Å². The number of phenolic OH excluding ortho intramolecular Hbond substituents is 1. The van der Waals surface area contributed by atoms with E-state index in [1.807, 2.05) is 0 Å². The SMILES string of the molecule is COC(=O)c1ccc(NC2CC3CCC(C2)N3C)c(O)c1. The first-order valence-corrected chi connectivity index (χ1v) is 7.48. The molecule has 2 heterocycles. The van der Waals surface area contributed by atoms with E-state index in [0.29, 0.717) is 29.4 Å². The standard InChI is InChI=1S/C16H22N2O3/c1-18-12-4-5-13(18)9-11(8-12)17-14-6-3-10(7-15(14)19)16(20)21-2/h3,6-7,11-13,17,19H,4-5,8-9H2,1-2H3. The molecule has 0 amide bonds. The second-order valence-corrected chi connectivity index (χ2v) is 6.09. The van der Waals surface area contributed by atoms with Crippen LogP contribution in [-0.2, 0) is 4.74 Å². The highest BCUT2D eigenvalue weighted by molar-refractivity contribution is 5.90. The van der Waals surface area contributed by atoms with Crippen LogP contribution in [0.5, 0.6) is 5.75 Å². The van der Waals surface area contributed by atoms with Crippen LogP contribution < -0.4 is 5.32 Å². The molecule has 0 saturated carbocycles. The second-order valence-electron chi connectivity index (χ2n) is 6.09. The van der Waals surface area contributed by atoms with Gasteiger partial charge in [0.05, 0.1) is 18.4 Å². The van der Waals surface area contributed by atoms with Crippen LogP contribution in [0.2, 0.25) is 0 Å². The maximum atomic E-state index is 11.4. The summed E-state index contributed by atoms with van der Waals surface area (Å²) in [5, 5.41) is 13.5. The Morgan fingerprint density at radius 1 is 1.33 bits per heavy atom. The van der Waals surface area contributed by atoms with Crippen molar-refractivity contribution in [2.75, 3.05) is 19.5 Å². The van der Waals surface area contributed by atoms with Crippen molar-refractivity contribution in [3.63, 3.8) is 0 Å². The quantitative estimate of drug-likeness (QED) is 0.660. The lowest BCUT2D eigenvalue weighted by atomic mass is 9.97. The average Bonchev–Trinajstić information content (AvgIpc) is 2.71. The van der Waals surface area contributed by atoms with Gasteiger partial charge in [0, 0.05) is 18.1 Å². The van der Waals surface area contributed by atoms with E-state index in [9.17, 15) is 9.90 Å². The van der Waals surface area contributed by atoms with Gasteiger partial charge in [-0.1, -0.05) is 0 Å². The molecule has 2 unspecified atom stereocenters. The molecular weight excluding hydrogens is 268 g/mol. The van der Waals surface area contributed by atoms with E-state index < -0.39 is 5.97 Å². The van der Waals surface area contributed by atoms with E-state index in [0.717, 1.165) is 12.8 Å². The Labute approximate surface area is 124 Å². The number of benzene rings is 1. The van der Waals surface area contributed by atoms with E-state index in [4.69, 9.17) is 0 Å². The maximum Gasteiger partial charge on any atom is 0.337 e. The molecule has 2 fully saturated rings. The Morgan fingerprint density at radius 3 is 2.57 bits per heavy atom. The van der Waals surface area contributed by atoms with Crippen molar-refractivity contribution in [1.82, 2.24) is 4.90 Å². The highest BCUT2D eigenvalue weighted by atomic mass is 16.5. The zero-order chi connectivity index (χ0) is 15.0. The topological polar surface area (TPSA) is 61.8 Å². The fraction of sp³-hybridized carbons (Fsp3) is 0.562. The third kappa shape index (κ3) is 2.70. The predicted molar refractivity (Wildman–Crippen MR) is 80.7 cm³/mol. The molecule has 5 heteroatoms. The molecule has 2 aliphatic heterocycles. The number of rotatable bonds is 3. The molecule has 2 saturated heterocycles. The summed E-state index contributed by atoms with van der Waals surface area (Å²) in [5.41, 5.74) is 1.06. The molecule has 0 aromatic heterocycles. The number of carbonyl (C=O) groups is 1. The van der Waals surface area contributed by atoms with Crippen molar-refractivity contribution in [3.8, 4) is 5.75 Å². The van der Waals surface area contributed by atoms with Crippen LogP contribution >= 0.6 is 0 Å². The number of fused-ring (bicyclic) bond motifs is 2. The van der Waals surface area contributed by atoms with Gasteiger partial charge < -0.3 is 20.1 Å². The highest BCUT2D eigenvalue weighted by Gasteiger charge is 2.38. The summed E-state index contributed by atoms with van der Waals surface area (Å²) in [7, 11) is 3.54. The van der Waals surface area contributed by atoms with Crippen LogP contribution in [-0.4, -0.2) is 48.3 Å². The van der Waals surface area contributed by atoms with E-state index in [-0.39, 0.29) is 5.75 Å². The number of phenols is 1. The molecule has 0 spiro atoms. The molecule has 2 bridgehead atoms. The van der Waals surface area contributed by atoms with E-state index in [1.165, 1.54) is 26.0 Å². The summed E-state index contributed by atoms with van der Waals surface area (Å²) in [6.07, 6.45) is 4.75. The Hall–Kier alpha value is -1.75. The molecule has 1 aromatic rings. The van der Waals surface area contributed by atoms with Gasteiger partial charge in [0.2, 0.25) is 0 Å².